The van der Waals surface area contributed by atoms with E-state index in [1.165, 1.54) is 6.42 Å². The van der Waals surface area contributed by atoms with Crippen LogP contribution in [0.2, 0.25) is 5.02 Å². The number of hydrogen-bond acceptors (Lipinski definition) is 2. The van der Waals surface area contributed by atoms with Crippen molar-refractivity contribution >= 4 is 34.2 Å². The van der Waals surface area contributed by atoms with Crippen molar-refractivity contribution in [2.75, 3.05) is 7.11 Å². The minimum atomic E-state index is 0.235. The van der Waals surface area contributed by atoms with Crippen LogP contribution < -0.4 is 0 Å². The Morgan fingerprint density at radius 1 is 1.42 bits per heavy atom. The highest BCUT2D eigenvalue weighted by molar-refractivity contribution is 6.31. The number of nitrogens with zero attached hydrogens (tertiary/aromatic N) is 2. The molecule has 1 aliphatic rings. The largest absolute Gasteiger partial charge is 0.379 e. The standard InChI is InChI=1S/C14H16Cl2N2O/c1-19-13-4-2-3-11(13)18-12-7-9(16)5-6-10(12)17-14(18)8-15/h5-7,11,13H,2-4,8H2,1H3. The van der Waals surface area contributed by atoms with E-state index in [-0.39, 0.29) is 6.10 Å². The molecule has 0 saturated heterocycles. The fraction of sp³-hybridized carbons (Fsp3) is 0.500. The summed E-state index contributed by atoms with van der Waals surface area (Å²) in [6.07, 6.45) is 3.59. The van der Waals surface area contributed by atoms with Crippen LogP contribution in [0.25, 0.3) is 11.0 Å². The predicted molar refractivity (Wildman–Crippen MR) is 78.0 cm³/mol. The molecule has 3 rings (SSSR count). The van der Waals surface area contributed by atoms with E-state index in [9.17, 15) is 0 Å². The lowest BCUT2D eigenvalue weighted by atomic mass is 10.2. The van der Waals surface area contributed by atoms with Crippen LogP contribution >= 0.6 is 23.2 Å². The third-order valence-corrected chi connectivity index (χ3v) is 4.37. The van der Waals surface area contributed by atoms with Gasteiger partial charge in [0.25, 0.3) is 0 Å². The fourth-order valence-electron chi connectivity index (χ4n) is 3.06. The molecule has 1 fully saturated rings. The molecule has 0 amide bonds. The smallest absolute Gasteiger partial charge is 0.125 e. The highest BCUT2D eigenvalue weighted by Gasteiger charge is 2.31. The third-order valence-electron chi connectivity index (χ3n) is 3.90. The van der Waals surface area contributed by atoms with Gasteiger partial charge in [-0.05, 0) is 37.5 Å². The molecule has 1 aromatic carbocycles. The molecule has 2 unspecified atom stereocenters. The van der Waals surface area contributed by atoms with E-state index in [0.717, 1.165) is 34.7 Å². The quantitative estimate of drug-likeness (QED) is 0.795. The summed E-state index contributed by atoms with van der Waals surface area (Å²) in [5.41, 5.74) is 2.00. The maximum absolute atomic E-state index is 6.11. The molecule has 19 heavy (non-hydrogen) atoms. The van der Waals surface area contributed by atoms with Crippen LogP contribution in [-0.2, 0) is 10.6 Å². The van der Waals surface area contributed by atoms with Gasteiger partial charge >= 0.3 is 0 Å². The third kappa shape index (κ3) is 2.24. The number of aromatic nitrogens is 2. The summed E-state index contributed by atoms with van der Waals surface area (Å²) in [7, 11) is 1.77. The number of alkyl halides is 1. The SMILES string of the molecule is COC1CCCC1n1c(CCl)nc2ccc(Cl)cc21. The second-order valence-electron chi connectivity index (χ2n) is 4.94. The van der Waals surface area contributed by atoms with E-state index < -0.39 is 0 Å². The van der Waals surface area contributed by atoms with Gasteiger partial charge in [-0.3, -0.25) is 0 Å². The average Bonchev–Trinajstić information content (AvgIpc) is 3.00. The van der Waals surface area contributed by atoms with Gasteiger partial charge in [0.15, 0.2) is 0 Å². The molecule has 1 aromatic heterocycles. The first-order valence-electron chi connectivity index (χ1n) is 6.49. The van der Waals surface area contributed by atoms with Crippen LogP contribution in [0.1, 0.15) is 31.1 Å². The minimum absolute atomic E-state index is 0.235. The summed E-state index contributed by atoms with van der Waals surface area (Å²) in [5.74, 6) is 1.30. The van der Waals surface area contributed by atoms with E-state index >= 15 is 0 Å². The Morgan fingerprint density at radius 3 is 3.00 bits per heavy atom. The first-order valence-corrected chi connectivity index (χ1v) is 7.41. The molecular formula is C14H16Cl2N2O. The predicted octanol–water partition coefficient (Wildman–Crippen LogP) is 4.17. The van der Waals surface area contributed by atoms with Gasteiger partial charge in [0, 0.05) is 12.1 Å². The molecule has 2 aromatic rings. The lowest BCUT2D eigenvalue weighted by Gasteiger charge is -2.22. The van der Waals surface area contributed by atoms with Crippen LogP contribution in [0.15, 0.2) is 18.2 Å². The monoisotopic (exact) mass is 298 g/mol. The van der Waals surface area contributed by atoms with E-state index in [4.69, 9.17) is 27.9 Å². The Bertz CT molecular complexity index is 596. The normalized spacial score (nSPS) is 23.3. The molecule has 0 bridgehead atoms. The Balaban J connectivity index is 2.17. The van der Waals surface area contributed by atoms with Crippen molar-refractivity contribution in [2.45, 2.75) is 37.3 Å². The van der Waals surface area contributed by atoms with Gasteiger partial charge in [0.2, 0.25) is 0 Å². The Labute approximate surface area is 122 Å². The van der Waals surface area contributed by atoms with E-state index in [2.05, 4.69) is 9.55 Å². The van der Waals surface area contributed by atoms with E-state index in [1.54, 1.807) is 7.11 Å². The van der Waals surface area contributed by atoms with Crippen LogP contribution in [-0.4, -0.2) is 22.8 Å². The van der Waals surface area contributed by atoms with Crippen LogP contribution in [0.5, 0.6) is 0 Å². The first kappa shape index (κ1) is 13.2. The number of imidazole rings is 1. The zero-order chi connectivity index (χ0) is 13.4. The lowest BCUT2D eigenvalue weighted by Crippen LogP contribution is -2.22. The van der Waals surface area contributed by atoms with Gasteiger partial charge in [0.05, 0.1) is 29.1 Å². The summed E-state index contributed by atoms with van der Waals surface area (Å²) < 4.78 is 7.82. The zero-order valence-electron chi connectivity index (χ0n) is 10.8. The second-order valence-corrected chi connectivity index (χ2v) is 5.64. The van der Waals surface area contributed by atoms with Crippen LogP contribution in [0.4, 0.5) is 0 Å². The van der Waals surface area contributed by atoms with Gasteiger partial charge in [-0.15, -0.1) is 11.6 Å². The van der Waals surface area contributed by atoms with Crippen molar-refractivity contribution in [3.63, 3.8) is 0 Å². The minimum Gasteiger partial charge on any atom is -0.379 e. The summed E-state index contributed by atoms with van der Waals surface area (Å²) in [4.78, 5) is 4.60. The summed E-state index contributed by atoms with van der Waals surface area (Å²) in [6, 6.07) is 6.08. The van der Waals surface area contributed by atoms with Crippen molar-refractivity contribution in [2.24, 2.45) is 0 Å². The average molecular weight is 299 g/mol. The van der Waals surface area contributed by atoms with Crippen molar-refractivity contribution in [1.29, 1.82) is 0 Å². The molecule has 0 spiro atoms. The zero-order valence-corrected chi connectivity index (χ0v) is 12.3. The Hall–Kier alpha value is -0.770. The highest BCUT2D eigenvalue weighted by atomic mass is 35.5. The van der Waals surface area contributed by atoms with Crippen molar-refractivity contribution in [3.8, 4) is 0 Å². The molecule has 2 atom stereocenters. The van der Waals surface area contributed by atoms with Gasteiger partial charge in [-0.25, -0.2) is 4.98 Å². The Morgan fingerprint density at radius 2 is 2.26 bits per heavy atom. The van der Waals surface area contributed by atoms with Gasteiger partial charge in [0.1, 0.15) is 5.82 Å². The number of hydrogen-bond donors (Lipinski definition) is 0. The molecule has 3 nitrogen and oxygen atoms in total. The number of fused-ring (bicyclic) bond motifs is 1. The highest BCUT2D eigenvalue weighted by Crippen LogP contribution is 2.36. The van der Waals surface area contributed by atoms with Gasteiger partial charge in [-0.1, -0.05) is 11.6 Å². The van der Waals surface area contributed by atoms with Crippen LogP contribution in [0.3, 0.4) is 0 Å². The molecule has 102 valence electrons. The molecule has 0 radical (unpaired) electrons. The van der Waals surface area contributed by atoms with E-state index in [0.29, 0.717) is 11.9 Å². The molecule has 1 aliphatic carbocycles. The fourth-order valence-corrected chi connectivity index (χ4v) is 3.41. The molecular weight excluding hydrogens is 283 g/mol. The van der Waals surface area contributed by atoms with E-state index in [1.807, 2.05) is 18.2 Å². The summed E-state index contributed by atoms with van der Waals surface area (Å²) in [5, 5.41) is 0.724. The number of rotatable bonds is 3. The maximum atomic E-state index is 6.11. The van der Waals surface area contributed by atoms with Crippen molar-refractivity contribution < 1.29 is 4.74 Å². The van der Waals surface area contributed by atoms with Gasteiger partial charge < -0.3 is 9.30 Å². The number of halogens is 2. The number of ether oxygens (including phenoxy) is 1. The number of benzene rings is 1. The molecule has 0 aliphatic heterocycles. The molecule has 1 saturated carbocycles. The second kappa shape index (κ2) is 5.31. The molecule has 0 N–H and O–H groups in total. The van der Waals surface area contributed by atoms with Crippen molar-refractivity contribution in [1.82, 2.24) is 9.55 Å². The Kier molecular flexibility index (Phi) is 3.70. The van der Waals surface area contributed by atoms with Crippen molar-refractivity contribution in [3.05, 3.63) is 29.0 Å². The lowest BCUT2D eigenvalue weighted by molar-refractivity contribution is 0.0755. The summed E-state index contributed by atoms with van der Waals surface area (Å²) >= 11 is 12.2. The summed E-state index contributed by atoms with van der Waals surface area (Å²) in [6.45, 7) is 0. The molecule has 5 heteroatoms. The number of methoxy groups -OCH3 is 1. The molecule has 1 heterocycles. The first-order chi connectivity index (χ1) is 9.24. The van der Waals surface area contributed by atoms with Crippen LogP contribution in [0, 0.1) is 0 Å². The topological polar surface area (TPSA) is 27.1 Å². The maximum Gasteiger partial charge on any atom is 0.125 e. The van der Waals surface area contributed by atoms with Gasteiger partial charge in [-0.2, -0.15) is 0 Å².